The van der Waals surface area contributed by atoms with Gasteiger partial charge in [-0.1, -0.05) is 37.3 Å². The molecule has 126 valence electrons. The maximum atomic E-state index is 11.5. The molecule has 0 bridgehead atoms. The van der Waals surface area contributed by atoms with E-state index >= 15 is 0 Å². The second-order valence-electron chi connectivity index (χ2n) is 4.88. The van der Waals surface area contributed by atoms with Crippen LogP contribution in [0.4, 0.5) is 4.79 Å². The summed E-state index contributed by atoms with van der Waals surface area (Å²) in [5.74, 6) is -1.43. The first-order valence-electron chi connectivity index (χ1n) is 7.30. The monoisotopic (exact) mass is 345 g/mol. The number of hydrogen-bond donors (Lipinski definition) is 1. The van der Waals surface area contributed by atoms with Crippen LogP contribution in [0.3, 0.4) is 0 Å². The first-order valence-corrected chi connectivity index (χ1v) is 7.30. The molecule has 1 N–H and O–H groups in total. The Bertz CT molecular complexity index is 523. The minimum atomic E-state index is -0.856. The largest absolute Gasteiger partial charge is 1.00 e. The molecule has 1 rings (SSSR count). The predicted molar refractivity (Wildman–Crippen MR) is 79.4 cm³/mol. The topological polar surface area (TPSA) is 105 Å². The number of ether oxygens (including phenoxy) is 2. The molecule has 0 aliphatic carbocycles. The van der Waals surface area contributed by atoms with Crippen LogP contribution in [-0.2, 0) is 19.1 Å². The van der Waals surface area contributed by atoms with E-state index in [1.165, 1.54) is 0 Å². The molecule has 0 aliphatic heterocycles. The van der Waals surface area contributed by atoms with E-state index in [1.54, 1.807) is 0 Å². The Hall–Kier alpha value is -1.41. The van der Waals surface area contributed by atoms with Gasteiger partial charge in [0.2, 0.25) is 0 Å². The molecule has 1 aromatic rings. The Morgan fingerprint density at radius 2 is 1.75 bits per heavy atom. The second-order valence-corrected chi connectivity index (χ2v) is 4.88. The molecule has 0 fully saturated rings. The van der Waals surface area contributed by atoms with Crippen molar-refractivity contribution < 1.29 is 58.5 Å². The molecule has 1 atom stereocenters. The van der Waals surface area contributed by atoms with Crippen molar-refractivity contribution in [1.29, 1.82) is 0 Å². The fraction of sp³-hybridized carbons (Fsp3) is 0.438. The van der Waals surface area contributed by atoms with Gasteiger partial charge < -0.3 is 19.9 Å². The van der Waals surface area contributed by atoms with Gasteiger partial charge in [0.25, 0.3) is 0 Å². The molecule has 1 amide bonds. The van der Waals surface area contributed by atoms with Crippen LogP contribution in [0.5, 0.6) is 0 Å². The molecule has 0 heterocycles. The van der Waals surface area contributed by atoms with Crippen molar-refractivity contribution in [2.75, 3.05) is 19.8 Å². The number of hydrogen-bond acceptors (Lipinski definition) is 6. The Morgan fingerprint density at radius 3 is 2.38 bits per heavy atom. The van der Waals surface area contributed by atoms with Crippen LogP contribution in [0.1, 0.15) is 31.2 Å². The molecule has 8 heteroatoms. The number of nitrogens with one attached hydrogen (secondary N) is 1. The molecule has 1 unspecified atom stereocenters. The van der Waals surface area contributed by atoms with Gasteiger partial charge in [0.1, 0.15) is 0 Å². The molecular formula is C16H20NNaO6. The van der Waals surface area contributed by atoms with Crippen molar-refractivity contribution in [3.63, 3.8) is 0 Å². The van der Waals surface area contributed by atoms with Crippen LogP contribution in [0.2, 0.25) is 0 Å². The fourth-order valence-electron chi connectivity index (χ4n) is 1.76. The van der Waals surface area contributed by atoms with Crippen LogP contribution < -0.4 is 40.0 Å². The normalized spacial score (nSPS) is 10.9. The fourth-order valence-corrected chi connectivity index (χ4v) is 1.76. The van der Waals surface area contributed by atoms with Crippen LogP contribution in [0, 0.1) is 0 Å². The molecular weight excluding hydrogens is 325 g/mol. The quantitative estimate of drug-likeness (QED) is 0.324. The minimum absolute atomic E-state index is 0. The zero-order valence-electron chi connectivity index (χ0n) is 13.9. The summed E-state index contributed by atoms with van der Waals surface area (Å²) in [5, 5.41) is 12.6. The van der Waals surface area contributed by atoms with Crippen molar-refractivity contribution in [3.8, 4) is 0 Å². The molecule has 24 heavy (non-hydrogen) atoms. The number of alkyl carbamates (subject to hydrolysis) is 1. The van der Waals surface area contributed by atoms with Gasteiger partial charge in [0, 0.05) is 6.54 Å². The van der Waals surface area contributed by atoms with E-state index in [-0.39, 0.29) is 54.9 Å². The summed E-state index contributed by atoms with van der Waals surface area (Å²) in [4.78, 5) is 34.0. The Morgan fingerprint density at radius 1 is 1.12 bits per heavy atom. The van der Waals surface area contributed by atoms with E-state index in [9.17, 15) is 19.5 Å². The van der Waals surface area contributed by atoms with Crippen LogP contribution in [-0.4, -0.2) is 37.8 Å². The number of esters is 2. The molecule has 7 nitrogen and oxygen atoms in total. The van der Waals surface area contributed by atoms with E-state index in [0.717, 1.165) is 5.56 Å². The maximum Gasteiger partial charge on any atom is 1.00 e. The predicted octanol–water partition coefficient (Wildman–Crippen LogP) is -2.27. The third-order valence-corrected chi connectivity index (χ3v) is 3.01. The Labute approximate surface area is 163 Å². The number of carbonyl (C=O) groups is 3. The van der Waals surface area contributed by atoms with E-state index < -0.39 is 24.6 Å². The van der Waals surface area contributed by atoms with Crippen LogP contribution in [0.25, 0.3) is 0 Å². The molecule has 0 spiro atoms. The second kappa shape index (κ2) is 12.9. The summed E-state index contributed by atoms with van der Waals surface area (Å²) < 4.78 is 9.05. The summed E-state index contributed by atoms with van der Waals surface area (Å²) in [6, 6.07) is 9.59. The number of rotatable bonds is 8. The van der Waals surface area contributed by atoms with Crippen LogP contribution >= 0.6 is 0 Å². The van der Waals surface area contributed by atoms with E-state index in [4.69, 9.17) is 0 Å². The average Bonchev–Trinajstić information content (AvgIpc) is 2.56. The average molecular weight is 345 g/mol. The molecule has 0 radical (unpaired) electrons. The summed E-state index contributed by atoms with van der Waals surface area (Å²) in [7, 11) is 0. The summed E-state index contributed by atoms with van der Waals surface area (Å²) >= 11 is 0. The van der Waals surface area contributed by atoms with Gasteiger partial charge in [-0.25, -0.2) is 4.79 Å². The van der Waals surface area contributed by atoms with Crippen LogP contribution in [0.15, 0.2) is 30.3 Å². The minimum Gasteiger partial charge on any atom is -0.852 e. The van der Waals surface area contributed by atoms with Gasteiger partial charge >= 0.3 is 47.6 Å². The van der Waals surface area contributed by atoms with Crippen molar-refractivity contribution in [3.05, 3.63) is 35.9 Å². The Kier molecular flexibility index (Phi) is 12.2. The first kappa shape index (κ1) is 22.6. The number of amides is 1. The van der Waals surface area contributed by atoms with Crippen molar-refractivity contribution in [2.24, 2.45) is 0 Å². The zero-order chi connectivity index (χ0) is 17.1. The zero-order valence-corrected chi connectivity index (χ0v) is 15.9. The summed E-state index contributed by atoms with van der Waals surface area (Å²) in [6.45, 7) is 1.50. The van der Waals surface area contributed by atoms with E-state index in [1.807, 2.05) is 37.3 Å². The Balaban J connectivity index is 0.00000529. The van der Waals surface area contributed by atoms with Gasteiger partial charge in [0.05, 0.1) is 19.4 Å². The van der Waals surface area contributed by atoms with Gasteiger partial charge in [0.15, 0.2) is 0 Å². The van der Waals surface area contributed by atoms with Gasteiger partial charge in [-0.2, -0.15) is 0 Å². The molecule has 0 aliphatic rings. The van der Waals surface area contributed by atoms with Crippen molar-refractivity contribution >= 4 is 18.0 Å². The number of benzene rings is 1. The molecule has 1 aromatic carbocycles. The third kappa shape index (κ3) is 9.67. The van der Waals surface area contributed by atoms with Gasteiger partial charge in [-0.3, -0.25) is 9.59 Å². The van der Waals surface area contributed by atoms with E-state index in [2.05, 4.69) is 14.8 Å². The van der Waals surface area contributed by atoms with Gasteiger partial charge in [-0.05, 0) is 11.5 Å². The van der Waals surface area contributed by atoms with Crippen molar-refractivity contribution in [2.45, 2.75) is 25.7 Å². The third-order valence-electron chi connectivity index (χ3n) is 3.01. The van der Waals surface area contributed by atoms with Crippen molar-refractivity contribution in [1.82, 2.24) is 5.32 Å². The summed E-state index contributed by atoms with van der Waals surface area (Å²) in [5.41, 5.74) is 1.06. The standard InChI is InChI=1S/C16H20NO6.Na/c1-12(13-5-3-2-4-6-13)11-17-16(21)23-15(20)8-7-14(19)22-10-9-18;/h2-6,12H,7-11H2,1H3,(H,17,21);/q-1;+1. The van der Waals surface area contributed by atoms with E-state index in [0.29, 0.717) is 6.54 Å². The SMILES string of the molecule is CC(CNC(=O)OC(=O)CCC(=O)OCC[O-])c1ccccc1.[Na+]. The first-order chi connectivity index (χ1) is 11.0. The molecule has 0 saturated carbocycles. The summed E-state index contributed by atoms with van der Waals surface area (Å²) in [6.07, 6.45) is -1.36. The number of carbonyl (C=O) groups excluding carboxylic acids is 3. The van der Waals surface area contributed by atoms with Gasteiger partial charge in [-0.15, -0.1) is 6.61 Å². The molecule has 0 aromatic heterocycles. The maximum absolute atomic E-state index is 11.5. The molecule has 0 saturated heterocycles. The smallest absolute Gasteiger partial charge is 0.852 e.